The Morgan fingerprint density at radius 3 is 2.41 bits per heavy atom. The van der Waals surface area contributed by atoms with Crippen molar-refractivity contribution in [1.82, 2.24) is 9.78 Å². The molecule has 0 aliphatic rings. The molecule has 17 heavy (non-hydrogen) atoms. The van der Waals surface area contributed by atoms with Gasteiger partial charge in [0, 0.05) is 18.3 Å². The number of aryl methyl sites for hydroxylation is 1. The first-order valence-corrected chi connectivity index (χ1v) is 6.92. The molecule has 0 aliphatic carbocycles. The largest absolute Gasteiger partial charge is 0.272 e. The van der Waals surface area contributed by atoms with Gasteiger partial charge in [-0.3, -0.25) is 4.68 Å². The third-order valence-corrected chi connectivity index (χ3v) is 3.24. The van der Waals surface area contributed by atoms with Crippen LogP contribution in [0.25, 0.3) is 11.1 Å². The van der Waals surface area contributed by atoms with Crippen molar-refractivity contribution in [3.05, 3.63) is 42.2 Å². The molecule has 0 radical (unpaired) electrons. The highest BCUT2D eigenvalue weighted by Crippen LogP contribution is 2.36. The van der Waals surface area contributed by atoms with Crippen LogP contribution < -0.4 is 0 Å². The molecular formula is C14H17IN2. The van der Waals surface area contributed by atoms with Crippen LogP contribution in [0.3, 0.4) is 0 Å². The van der Waals surface area contributed by atoms with Crippen molar-refractivity contribution in [3.8, 4) is 11.1 Å². The Balaban J connectivity index is 2.57. The highest BCUT2D eigenvalue weighted by atomic mass is 127. The lowest BCUT2D eigenvalue weighted by atomic mass is 10.0. The van der Waals surface area contributed by atoms with E-state index in [1.807, 2.05) is 10.7 Å². The van der Waals surface area contributed by atoms with Crippen LogP contribution in [0, 0.1) is 0 Å². The first-order chi connectivity index (χ1) is 8.02. The SMILES string of the molecule is CCn1cc(-c2ccccc2)c(C(C)(C)I)n1. The predicted octanol–water partition coefficient (Wildman–Crippen LogP) is 4.24. The fraction of sp³-hybridized carbons (Fsp3) is 0.357. The van der Waals surface area contributed by atoms with Crippen LogP contribution >= 0.6 is 22.6 Å². The maximum Gasteiger partial charge on any atom is 0.0856 e. The molecule has 0 N–H and O–H groups in total. The van der Waals surface area contributed by atoms with Crippen molar-refractivity contribution >= 4 is 22.6 Å². The van der Waals surface area contributed by atoms with Crippen LogP contribution in [-0.4, -0.2) is 9.78 Å². The molecule has 1 aromatic heterocycles. The summed E-state index contributed by atoms with van der Waals surface area (Å²) in [4.78, 5) is 0. The summed E-state index contributed by atoms with van der Waals surface area (Å²) in [6, 6.07) is 10.5. The quantitative estimate of drug-likeness (QED) is 0.604. The molecule has 2 rings (SSSR count). The number of hydrogen-bond acceptors (Lipinski definition) is 1. The number of aromatic nitrogens is 2. The molecule has 0 fully saturated rings. The molecule has 0 bridgehead atoms. The van der Waals surface area contributed by atoms with Crippen LogP contribution in [0.2, 0.25) is 0 Å². The third-order valence-electron chi connectivity index (χ3n) is 2.73. The smallest absolute Gasteiger partial charge is 0.0856 e. The Bertz CT molecular complexity index is 495. The second kappa shape index (κ2) is 4.80. The molecule has 0 spiro atoms. The minimum Gasteiger partial charge on any atom is -0.272 e. The molecule has 2 nitrogen and oxygen atoms in total. The van der Waals surface area contributed by atoms with E-state index in [4.69, 9.17) is 0 Å². The van der Waals surface area contributed by atoms with E-state index in [9.17, 15) is 0 Å². The minimum absolute atomic E-state index is 0.0450. The zero-order valence-corrected chi connectivity index (χ0v) is 12.6. The van der Waals surface area contributed by atoms with E-state index >= 15 is 0 Å². The lowest BCUT2D eigenvalue weighted by molar-refractivity contribution is 0.630. The minimum atomic E-state index is 0.0450. The van der Waals surface area contributed by atoms with Crippen molar-refractivity contribution in [1.29, 1.82) is 0 Å². The monoisotopic (exact) mass is 340 g/mol. The van der Waals surface area contributed by atoms with Gasteiger partial charge in [-0.15, -0.1) is 0 Å². The highest BCUT2D eigenvalue weighted by Gasteiger charge is 2.24. The molecule has 1 heterocycles. The van der Waals surface area contributed by atoms with Crippen molar-refractivity contribution in [2.75, 3.05) is 0 Å². The summed E-state index contributed by atoms with van der Waals surface area (Å²) in [6.07, 6.45) is 2.14. The first-order valence-electron chi connectivity index (χ1n) is 5.84. The zero-order chi connectivity index (χ0) is 12.5. The van der Waals surface area contributed by atoms with Gasteiger partial charge in [-0.1, -0.05) is 52.9 Å². The van der Waals surface area contributed by atoms with Gasteiger partial charge in [0.1, 0.15) is 0 Å². The molecular weight excluding hydrogens is 323 g/mol. The molecule has 1 aromatic carbocycles. The maximum absolute atomic E-state index is 4.69. The van der Waals surface area contributed by atoms with Crippen molar-refractivity contribution < 1.29 is 0 Å². The highest BCUT2D eigenvalue weighted by molar-refractivity contribution is 14.1. The number of nitrogens with zero attached hydrogens (tertiary/aromatic N) is 2. The molecule has 3 heteroatoms. The van der Waals surface area contributed by atoms with Gasteiger partial charge in [0.15, 0.2) is 0 Å². The van der Waals surface area contributed by atoms with Crippen LogP contribution in [0.4, 0.5) is 0 Å². The maximum atomic E-state index is 4.69. The second-order valence-electron chi connectivity index (χ2n) is 4.59. The Kier molecular flexibility index (Phi) is 3.56. The number of rotatable bonds is 3. The van der Waals surface area contributed by atoms with E-state index in [1.165, 1.54) is 11.1 Å². The van der Waals surface area contributed by atoms with Gasteiger partial charge in [0.25, 0.3) is 0 Å². The summed E-state index contributed by atoms with van der Waals surface area (Å²) >= 11 is 2.45. The normalized spacial score (nSPS) is 11.8. The fourth-order valence-electron chi connectivity index (χ4n) is 1.85. The van der Waals surface area contributed by atoms with Gasteiger partial charge in [0.2, 0.25) is 0 Å². The molecule has 2 aromatic rings. The first kappa shape index (κ1) is 12.6. The van der Waals surface area contributed by atoms with E-state index in [2.05, 4.69) is 78.9 Å². The molecule has 0 amide bonds. The average Bonchev–Trinajstić information content (AvgIpc) is 2.74. The van der Waals surface area contributed by atoms with Crippen LogP contribution in [0.1, 0.15) is 26.5 Å². The van der Waals surface area contributed by atoms with Crippen LogP contribution in [0.5, 0.6) is 0 Å². The van der Waals surface area contributed by atoms with E-state index in [0.29, 0.717) is 0 Å². The topological polar surface area (TPSA) is 17.8 Å². The molecule has 0 saturated carbocycles. The van der Waals surface area contributed by atoms with E-state index in [-0.39, 0.29) is 3.42 Å². The number of benzene rings is 1. The lowest BCUT2D eigenvalue weighted by Gasteiger charge is -2.15. The van der Waals surface area contributed by atoms with Gasteiger partial charge in [-0.25, -0.2) is 0 Å². The Hall–Kier alpha value is -0.840. The number of alkyl halides is 1. The summed E-state index contributed by atoms with van der Waals surface area (Å²) in [5.41, 5.74) is 3.64. The number of halogens is 1. The summed E-state index contributed by atoms with van der Waals surface area (Å²) in [5.74, 6) is 0. The Morgan fingerprint density at radius 2 is 1.88 bits per heavy atom. The van der Waals surface area contributed by atoms with Gasteiger partial charge >= 0.3 is 0 Å². The van der Waals surface area contributed by atoms with Gasteiger partial charge in [-0.2, -0.15) is 5.10 Å². The lowest BCUT2D eigenvalue weighted by Crippen LogP contribution is -2.10. The molecule has 0 aliphatic heterocycles. The summed E-state index contributed by atoms with van der Waals surface area (Å²) in [7, 11) is 0. The predicted molar refractivity (Wildman–Crippen MR) is 80.4 cm³/mol. The van der Waals surface area contributed by atoms with E-state index in [0.717, 1.165) is 12.2 Å². The van der Waals surface area contributed by atoms with Crippen molar-refractivity contribution in [3.63, 3.8) is 0 Å². The summed E-state index contributed by atoms with van der Waals surface area (Å²) in [6.45, 7) is 7.42. The average molecular weight is 340 g/mol. The molecule has 90 valence electrons. The van der Waals surface area contributed by atoms with E-state index in [1.54, 1.807) is 0 Å². The Labute approximate surface area is 116 Å². The number of hydrogen-bond donors (Lipinski definition) is 0. The zero-order valence-electron chi connectivity index (χ0n) is 10.4. The van der Waals surface area contributed by atoms with Gasteiger partial charge < -0.3 is 0 Å². The van der Waals surface area contributed by atoms with Crippen LogP contribution in [-0.2, 0) is 9.97 Å². The van der Waals surface area contributed by atoms with Gasteiger partial charge in [-0.05, 0) is 26.3 Å². The van der Waals surface area contributed by atoms with E-state index < -0.39 is 0 Å². The summed E-state index contributed by atoms with van der Waals surface area (Å²) in [5, 5.41) is 4.69. The Morgan fingerprint density at radius 1 is 1.24 bits per heavy atom. The second-order valence-corrected chi connectivity index (χ2v) is 7.28. The standard InChI is InChI=1S/C14H17IN2/c1-4-17-10-12(11-8-6-5-7-9-11)13(16-17)14(2,3)15/h5-10H,4H2,1-3H3. The van der Waals surface area contributed by atoms with Crippen molar-refractivity contribution in [2.24, 2.45) is 0 Å². The fourth-order valence-corrected chi connectivity index (χ4v) is 2.25. The third kappa shape index (κ3) is 2.70. The molecule has 0 unspecified atom stereocenters. The van der Waals surface area contributed by atoms with Crippen molar-refractivity contribution in [2.45, 2.75) is 30.7 Å². The molecule has 0 saturated heterocycles. The molecule has 0 atom stereocenters. The van der Waals surface area contributed by atoms with Crippen LogP contribution in [0.15, 0.2) is 36.5 Å². The summed E-state index contributed by atoms with van der Waals surface area (Å²) < 4.78 is 2.06. The van der Waals surface area contributed by atoms with Gasteiger partial charge in [0.05, 0.1) is 9.12 Å².